The first kappa shape index (κ1) is 21.6. The largest absolute Gasteiger partial charge is 0.323 e. The molecule has 30 heavy (non-hydrogen) atoms. The van der Waals surface area contributed by atoms with Gasteiger partial charge in [-0.25, -0.2) is 4.79 Å². The lowest BCUT2D eigenvalue weighted by Crippen LogP contribution is -2.40. The van der Waals surface area contributed by atoms with Gasteiger partial charge >= 0.3 is 6.03 Å². The first-order valence-corrected chi connectivity index (χ1v) is 9.94. The number of hydrogen-bond donors (Lipinski definition) is 3. The van der Waals surface area contributed by atoms with E-state index in [1.807, 2.05) is 6.92 Å². The van der Waals surface area contributed by atoms with Crippen molar-refractivity contribution in [3.05, 3.63) is 52.3 Å². The van der Waals surface area contributed by atoms with Crippen LogP contribution in [0.4, 0.5) is 10.5 Å². The maximum Gasteiger partial charge on any atom is 0.322 e. The summed E-state index contributed by atoms with van der Waals surface area (Å²) >= 11 is 6.40. The minimum Gasteiger partial charge on any atom is -0.323 e. The van der Waals surface area contributed by atoms with Gasteiger partial charge in [0.15, 0.2) is 0 Å². The van der Waals surface area contributed by atoms with E-state index in [-0.39, 0.29) is 5.91 Å². The van der Waals surface area contributed by atoms with E-state index in [1.54, 1.807) is 41.9 Å². The van der Waals surface area contributed by atoms with Crippen molar-refractivity contribution < 1.29 is 14.4 Å². The highest BCUT2D eigenvalue weighted by molar-refractivity contribution is 6.31. The molecule has 3 N–H and O–H groups in total. The van der Waals surface area contributed by atoms with E-state index in [4.69, 9.17) is 11.6 Å². The average molecular weight is 430 g/mol. The van der Waals surface area contributed by atoms with Crippen LogP contribution in [0.1, 0.15) is 37.6 Å². The van der Waals surface area contributed by atoms with Crippen molar-refractivity contribution in [2.75, 3.05) is 5.32 Å². The number of imide groups is 1. The number of carbonyl (C=O) groups is 3. The van der Waals surface area contributed by atoms with Gasteiger partial charge in [-0.1, -0.05) is 37.6 Å². The molecule has 0 radical (unpaired) electrons. The summed E-state index contributed by atoms with van der Waals surface area (Å²) in [5.41, 5.74) is 1.29. The molecule has 1 aliphatic heterocycles. The molecule has 0 saturated carbocycles. The molecule has 2 aromatic rings. The summed E-state index contributed by atoms with van der Waals surface area (Å²) in [6.45, 7) is 8.28. The van der Waals surface area contributed by atoms with E-state index in [1.165, 1.54) is 6.08 Å². The summed E-state index contributed by atoms with van der Waals surface area (Å²) in [6.07, 6.45) is 3.01. The number of amides is 4. The van der Waals surface area contributed by atoms with Crippen molar-refractivity contribution in [1.82, 2.24) is 20.4 Å². The molecule has 1 aliphatic rings. The lowest BCUT2D eigenvalue weighted by molar-refractivity contribution is -0.123. The molecular weight excluding hydrogens is 406 g/mol. The number of hydrogen-bond acceptors (Lipinski definition) is 4. The number of nitrogens with zero attached hydrogens (tertiary/aromatic N) is 2. The Morgan fingerprint density at radius 3 is 2.73 bits per heavy atom. The van der Waals surface area contributed by atoms with Crippen LogP contribution in [-0.4, -0.2) is 27.6 Å². The first-order chi connectivity index (χ1) is 14.1. The highest BCUT2D eigenvalue weighted by atomic mass is 35.5. The molecule has 0 aliphatic carbocycles. The van der Waals surface area contributed by atoms with Crippen LogP contribution < -0.4 is 16.0 Å². The third-order valence-corrected chi connectivity index (χ3v) is 5.20. The van der Waals surface area contributed by atoms with Crippen LogP contribution in [0.15, 0.2) is 30.3 Å². The molecule has 1 fully saturated rings. The molecule has 8 nitrogen and oxygen atoms in total. The van der Waals surface area contributed by atoms with Gasteiger partial charge in [0.25, 0.3) is 5.91 Å². The second-order valence-corrected chi connectivity index (χ2v) is 8.16. The van der Waals surface area contributed by atoms with Crippen molar-refractivity contribution in [3.63, 3.8) is 0 Å². The van der Waals surface area contributed by atoms with Crippen LogP contribution in [0.3, 0.4) is 0 Å². The first-order valence-electron chi connectivity index (χ1n) is 9.56. The fourth-order valence-electron chi connectivity index (χ4n) is 3.22. The summed E-state index contributed by atoms with van der Waals surface area (Å²) in [4.78, 5) is 36.0. The summed E-state index contributed by atoms with van der Waals surface area (Å²) < 4.78 is 1.73. The minimum absolute atomic E-state index is 0.357. The number of benzene rings is 1. The Bertz CT molecular complexity index is 1040. The van der Waals surface area contributed by atoms with Gasteiger partial charge in [-0.05, 0) is 43.5 Å². The van der Waals surface area contributed by atoms with Crippen LogP contribution in [0.25, 0.3) is 6.08 Å². The third-order valence-electron chi connectivity index (χ3n) is 4.80. The monoisotopic (exact) mass is 429 g/mol. The Kier molecular flexibility index (Phi) is 5.98. The van der Waals surface area contributed by atoms with Crippen LogP contribution in [0, 0.1) is 12.8 Å². The Morgan fingerprint density at radius 1 is 1.37 bits per heavy atom. The number of halogens is 1. The molecule has 1 unspecified atom stereocenters. The highest BCUT2D eigenvalue weighted by Crippen LogP contribution is 2.27. The quantitative estimate of drug-likeness (QED) is 0.484. The lowest BCUT2D eigenvalue weighted by Gasteiger charge is -2.21. The topological polar surface area (TPSA) is 105 Å². The van der Waals surface area contributed by atoms with Crippen LogP contribution in [-0.2, 0) is 21.7 Å². The van der Waals surface area contributed by atoms with E-state index in [2.05, 4.69) is 34.9 Å². The maximum absolute atomic E-state index is 12.4. The van der Waals surface area contributed by atoms with Crippen molar-refractivity contribution in [1.29, 1.82) is 0 Å². The molecule has 1 atom stereocenters. The van der Waals surface area contributed by atoms with Gasteiger partial charge < -0.3 is 10.6 Å². The van der Waals surface area contributed by atoms with Gasteiger partial charge in [0.05, 0.1) is 5.69 Å². The van der Waals surface area contributed by atoms with Gasteiger partial charge in [0.1, 0.15) is 10.7 Å². The molecule has 158 valence electrons. The fraction of sp³-hybridized carbons (Fsp3) is 0.333. The number of aryl methyl sites for hydroxylation is 1. The number of rotatable bonds is 6. The zero-order valence-corrected chi connectivity index (χ0v) is 18.0. The van der Waals surface area contributed by atoms with E-state index < -0.39 is 17.5 Å². The van der Waals surface area contributed by atoms with Gasteiger partial charge in [0, 0.05) is 23.9 Å². The van der Waals surface area contributed by atoms with E-state index >= 15 is 0 Å². The summed E-state index contributed by atoms with van der Waals surface area (Å²) in [7, 11) is 0. The number of anilines is 1. The highest BCUT2D eigenvalue weighted by Gasteiger charge is 2.43. The van der Waals surface area contributed by atoms with Crippen molar-refractivity contribution >= 4 is 41.2 Å². The lowest BCUT2D eigenvalue weighted by atomic mass is 9.92. The predicted octanol–water partition coefficient (Wildman–Crippen LogP) is 3.21. The summed E-state index contributed by atoms with van der Waals surface area (Å²) in [6, 6.07) is 6.21. The van der Waals surface area contributed by atoms with Crippen LogP contribution in [0.2, 0.25) is 5.15 Å². The zero-order chi connectivity index (χ0) is 22.1. The Balaban J connectivity index is 1.74. The molecule has 9 heteroatoms. The molecular formula is C21H24ClN5O3. The third kappa shape index (κ3) is 4.38. The Hall–Kier alpha value is -3.13. The maximum atomic E-state index is 12.4. The SMILES string of the molecule is Cc1nn(CC(C)C)c(Cl)c1/C=C/C(=O)Nc1cccc(C2(C)NC(=O)NC2=O)c1. The second-order valence-electron chi connectivity index (χ2n) is 7.80. The molecule has 1 aromatic carbocycles. The van der Waals surface area contributed by atoms with Crippen LogP contribution >= 0.6 is 11.6 Å². The van der Waals surface area contributed by atoms with Crippen molar-refractivity contribution in [3.8, 4) is 0 Å². The average Bonchev–Trinajstić information content (AvgIpc) is 3.08. The smallest absolute Gasteiger partial charge is 0.322 e. The van der Waals surface area contributed by atoms with Crippen LogP contribution in [0.5, 0.6) is 0 Å². The number of aromatic nitrogens is 2. The van der Waals surface area contributed by atoms with Gasteiger partial charge in [-0.3, -0.25) is 19.6 Å². The Labute approximate surface area is 179 Å². The molecule has 1 aromatic heterocycles. The molecule has 2 heterocycles. The van der Waals surface area contributed by atoms with E-state index in [0.717, 1.165) is 5.69 Å². The van der Waals surface area contributed by atoms with E-state index in [0.29, 0.717) is 34.4 Å². The number of urea groups is 1. The molecule has 1 saturated heterocycles. The fourth-order valence-corrected chi connectivity index (χ4v) is 3.53. The molecule has 0 spiro atoms. The predicted molar refractivity (Wildman–Crippen MR) is 115 cm³/mol. The van der Waals surface area contributed by atoms with Gasteiger partial charge in [0.2, 0.25) is 5.91 Å². The molecule has 4 amide bonds. The molecule has 0 bridgehead atoms. The number of carbonyl (C=O) groups excluding carboxylic acids is 3. The van der Waals surface area contributed by atoms with E-state index in [9.17, 15) is 14.4 Å². The van der Waals surface area contributed by atoms with Crippen molar-refractivity contribution in [2.24, 2.45) is 5.92 Å². The zero-order valence-electron chi connectivity index (χ0n) is 17.2. The summed E-state index contributed by atoms with van der Waals surface area (Å²) in [5, 5.41) is 12.5. The van der Waals surface area contributed by atoms with Gasteiger partial charge in [-0.2, -0.15) is 5.10 Å². The van der Waals surface area contributed by atoms with Crippen molar-refractivity contribution in [2.45, 2.75) is 39.8 Å². The standard InChI is InChI=1S/C21H24ClN5O3/c1-12(2)11-27-18(22)16(13(3)26-27)8-9-17(28)23-15-7-5-6-14(10-15)21(4)19(29)24-20(30)25-21/h5-10,12H,11H2,1-4H3,(H,23,28)(H2,24,25,29,30)/b9-8+. The van der Waals surface area contributed by atoms with Gasteiger partial charge in [-0.15, -0.1) is 0 Å². The molecule has 3 rings (SSSR count). The minimum atomic E-state index is -1.19. The normalized spacial score (nSPS) is 18.7. The second kappa shape index (κ2) is 8.31. The number of nitrogens with one attached hydrogen (secondary N) is 3. The Morgan fingerprint density at radius 2 is 2.10 bits per heavy atom. The summed E-state index contributed by atoms with van der Waals surface area (Å²) in [5.74, 6) is -0.411.